The maximum atomic E-state index is 14.3. The molecule has 8 rings (SSSR count). The number of methoxy groups -OCH3 is 1. The monoisotopic (exact) mass is 842 g/mol. The summed E-state index contributed by atoms with van der Waals surface area (Å²) in [4.78, 5) is 56.3. The number of nitrogens with one attached hydrogen (secondary N) is 2. The SMILES string of the molecule is CC[n+]1c(-c2cc(N3CCN(C)CC3)cnc2[C@H](C)OC)n2c3cc(ccc31)-c1csc(n1)[C@@H](O)[C@H](NC(=O)C1[C@@H](C)[C@H]1C)C(=O)N1CCC[C@H](N1)C(=O)OCC(C)(C)C2. The van der Waals surface area contributed by atoms with Crippen LogP contribution in [0.4, 0.5) is 5.69 Å². The van der Waals surface area contributed by atoms with Crippen LogP contribution in [0.25, 0.3) is 33.7 Å². The molecule has 7 atom stereocenters. The van der Waals surface area contributed by atoms with E-state index >= 15 is 0 Å². The molecule has 3 aromatic heterocycles. The predicted molar refractivity (Wildman–Crippen MR) is 229 cm³/mol. The van der Waals surface area contributed by atoms with Gasteiger partial charge in [-0.2, -0.15) is 0 Å². The predicted octanol–water partition coefficient (Wildman–Crippen LogP) is 4.09. The molecule has 1 aromatic carbocycles. The summed E-state index contributed by atoms with van der Waals surface area (Å²) in [5.74, 6) is -0.202. The summed E-state index contributed by atoms with van der Waals surface area (Å²) in [7, 11) is 3.86. The van der Waals surface area contributed by atoms with Crippen molar-refractivity contribution in [2.75, 3.05) is 58.4 Å². The molecule has 6 bridgehead atoms. The van der Waals surface area contributed by atoms with Crippen LogP contribution in [0.2, 0.25) is 0 Å². The Morgan fingerprint density at radius 2 is 1.90 bits per heavy atom. The summed E-state index contributed by atoms with van der Waals surface area (Å²) in [6, 6.07) is 6.42. The third kappa shape index (κ3) is 8.04. The van der Waals surface area contributed by atoms with E-state index in [9.17, 15) is 19.5 Å². The maximum absolute atomic E-state index is 14.3. The molecule has 3 fully saturated rings. The van der Waals surface area contributed by atoms with Crippen LogP contribution in [-0.4, -0.2) is 113 Å². The van der Waals surface area contributed by atoms with E-state index in [0.717, 1.165) is 65.5 Å². The molecule has 16 heteroatoms. The fraction of sp³-hybridized carbons (Fsp3) is 0.591. The number of aliphatic hydroxyl groups excluding tert-OH is 1. The number of benzene rings is 1. The van der Waals surface area contributed by atoms with Crippen LogP contribution in [0.1, 0.15) is 77.3 Å². The molecule has 0 spiro atoms. The Balaban J connectivity index is 1.27. The Morgan fingerprint density at radius 3 is 2.60 bits per heavy atom. The van der Waals surface area contributed by atoms with Gasteiger partial charge >= 0.3 is 5.97 Å². The number of nitrogens with zero attached hydrogens (tertiary/aromatic N) is 7. The Morgan fingerprint density at radius 1 is 1.15 bits per heavy atom. The van der Waals surface area contributed by atoms with Crippen molar-refractivity contribution in [3.8, 4) is 22.6 Å². The summed E-state index contributed by atoms with van der Waals surface area (Å²) in [5.41, 5.74) is 8.83. The molecule has 1 unspecified atom stereocenters. The number of likely N-dealkylation sites (N-methyl/N-ethyl adjacent to an activating group) is 1. The standard InChI is InChI=1S/C44H59N9O6S/c1-9-51-33-13-12-28-19-34(33)52(41(51)30-20-29(21-45-36(30)27(4)58-8)50-17-15-49(7)16-18-50)23-44(5,6)24-59-43(57)31-11-10-14-53(48-31)42(56)37(38(54)40-46-32(28)22-60-40)47-39(55)35-25(2)26(35)3/h12-13,19-22,25-27,31,35,37-38,48,54H,9-11,14-18,23-24H2,1-8H3/p+1/t25-,26+,27-,31-,35?,37-,38-/m0/s1. The lowest BCUT2D eigenvalue weighted by molar-refractivity contribution is -0.657. The molecule has 1 saturated carbocycles. The van der Waals surface area contributed by atoms with E-state index in [-0.39, 0.29) is 36.4 Å². The fourth-order valence-electron chi connectivity index (χ4n) is 9.08. The summed E-state index contributed by atoms with van der Waals surface area (Å²) in [6.07, 6.45) is 1.25. The van der Waals surface area contributed by atoms with Gasteiger partial charge in [0, 0.05) is 62.1 Å². The number of pyridine rings is 1. The van der Waals surface area contributed by atoms with Gasteiger partial charge in [-0.3, -0.25) is 24.4 Å². The quantitative estimate of drug-likeness (QED) is 0.182. The van der Waals surface area contributed by atoms with E-state index in [4.69, 9.17) is 19.4 Å². The number of thiazole rings is 1. The normalized spacial score (nSPS) is 26.8. The molecular formula is C44H60N9O6S+. The number of hydrogen-bond donors (Lipinski definition) is 3. The topological polar surface area (TPSA) is 158 Å². The van der Waals surface area contributed by atoms with Crippen LogP contribution in [-0.2, 0) is 36.9 Å². The lowest BCUT2D eigenvalue weighted by atomic mass is 9.94. The number of piperazine rings is 1. The molecule has 3 aliphatic heterocycles. The average molecular weight is 843 g/mol. The largest absolute Gasteiger partial charge is 0.464 e. The van der Waals surface area contributed by atoms with Gasteiger partial charge in [0.15, 0.2) is 11.0 Å². The first kappa shape index (κ1) is 42.2. The van der Waals surface area contributed by atoms with Crippen molar-refractivity contribution in [1.82, 2.24) is 35.2 Å². The fourth-order valence-corrected chi connectivity index (χ4v) is 9.92. The number of rotatable bonds is 7. The van der Waals surface area contributed by atoms with Crippen molar-refractivity contribution in [2.24, 2.45) is 23.2 Å². The summed E-state index contributed by atoms with van der Waals surface area (Å²) in [5, 5.41) is 18.4. The van der Waals surface area contributed by atoms with Crippen molar-refractivity contribution in [3.05, 3.63) is 46.5 Å². The van der Waals surface area contributed by atoms with Gasteiger partial charge in [0.2, 0.25) is 5.91 Å². The molecule has 1 aliphatic carbocycles. The minimum absolute atomic E-state index is 0.119. The number of aromatic nitrogens is 4. The number of hydrogen-bond acceptors (Lipinski definition) is 12. The second kappa shape index (κ2) is 16.8. The molecule has 0 radical (unpaired) electrons. The summed E-state index contributed by atoms with van der Waals surface area (Å²) < 4.78 is 16.7. The van der Waals surface area contributed by atoms with Gasteiger partial charge in [-0.25, -0.2) is 19.5 Å². The lowest BCUT2D eigenvalue weighted by Gasteiger charge is -2.36. The minimum Gasteiger partial charge on any atom is -0.464 e. The number of imidazole rings is 1. The van der Waals surface area contributed by atoms with E-state index < -0.39 is 35.5 Å². The van der Waals surface area contributed by atoms with E-state index in [2.05, 4.69) is 75.7 Å². The van der Waals surface area contributed by atoms with Crippen molar-refractivity contribution in [3.63, 3.8) is 0 Å². The van der Waals surface area contributed by atoms with Gasteiger partial charge in [-0.15, -0.1) is 11.3 Å². The highest BCUT2D eigenvalue weighted by Crippen LogP contribution is 2.46. The van der Waals surface area contributed by atoms with E-state index in [1.54, 1.807) is 7.11 Å². The lowest BCUT2D eigenvalue weighted by Crippen LogP contribution is -2.61. The van der Waals surface area contributed by atoms with Crippen LogP contribution in [0.5, 0.6) is 0 Å². The van der Waals surface area contributed by atoms with Crippen LogP contribution >= 0.6 is 11.3 Å². The smallest absolute Gasteiger partial charge is 0.324 e. The number of fused-ring (bicyclic) bond motifs is 6. The first-order chi connectivity index (χ1) is 28.7. The molecule has 4 aromatic rings. The highest BCUT2D eigenvalue weighted by atomic mass is 32.1. The van der Waals surface area contributed by atoms with Gasteiger partial charge < -0.3 is 29.7 Å². The Labute approximate surface area is 356 Å². The van der Waals surface area contributed by atoms with Crippen molar-refractivity contribution in [1.29, 1.82) is 0 Å². The van der Waals surface area contributed by atoms with Crippen LogP contribution < -0.4 is 20.2 Å². The number of cyclic esters (lactones) is 1. The van der Waals surface area contributed by atoms with E-state index in [1.165, 1.54) is 16.3 Å². The van der Waals surface area contributed by atoms with Crippen LogP contribution in [0.15, 0.2) is 35.8 Å². The highest BCUT2D eigenvalue weighted by Gasteiger charge is 2.50. The number of hydrazine groups is 1. The van der Waals surface area contributed by atoms with Crippen molar-refractivity contribution < 1.29 is 33.5 Å². The molecule has 4 aliphatic rings. The molecule has 2 amide bonds. The highest BCUT2D eigenvalue weighted by molar-refractivity contribution is 7.10. The third-order valence-electron chi connectivity index (χ3n) is 13.1. The molecule has 15 nitrogen and oxygen atoms in total. The number of anilines is 1. The van der Waals surface area contributed by atoms with Crippen molar-refractivity contribution >= 4 is 45.8 Å². The molecular weight excluding hydrogens is 783 g/mol. The van der Waals surface area contributed by atoms with E-state index in [0.29, 0.717) is 43.2 Å². The van der Waals surface area contributed by atoms with Gasteiger partial charge in [0.1, 0.15) is 29.8 Å². The maximum Gasteiger partial charge on any atom is 0.324 e. The molecule has 3 N–H and O–H groups in total. The molecule has 60 heavy (non-hydrogen) atoms. The van der Waals surface area contributed by atoms with Crippen LogP contribution in [0.3, 0.4) is 0 Å². The minimum atomic E-state index is -1.43. The summed E-state index contributed by atoms with van der Waals surface area (Å²) >= 11 is 1.25. The zero-order valence-electron chi connectivity index (χ0n) is 36.1. The number of esters is 1. The number of carbonyl (C=O) groups excluding carboxylic acids is 3. The zero-order valence-corrected chi connectivity index (χ0v) is 36.9. The van der Waals surface area contributed by atoms with Gasteiger partial charge in [0.05, 0.1) is 48.0 Å². The van der Waals surface area contributed by atoms with E-state index in [1.807, 2.05) is 38.4 Å². The number of aryl methyl sites for hydroxylation is 1. The van der Waals surface area contributed by atoms with Gasteiger partial charge in [-0.1, -0.05) is 27.7 Å². The second-order valence-corrected chi connectivity index (χ2v) is 18.9. The third-order valence-corrected chi connectivity index (χ3v) is 14.1. The Kier molecular flexibility index (Phi) is 11.8. The number of aliphatic hydroxyl groups is 1. The molecule has 6 heterocycles. The van der Waals surface area contributed by atoms with Crippen LogP contribution in [0, 0.1) is 23.2 Å². The zero-order chi connectivity index (χ0) is 42.6. The average Bonchev–Trinajstić information content (AvgIpc) is 3.54. The number of ether oxygens (including phenoxy) is 2. The summed E-state index contributed by atoms with van der Waals surface area (Å²) in [6.45, 7) is 17.7. The van der Waals surface area contributed by atoms with Gasteiger partial charge in [-0.05, 0) is 69.8 Å². The number of amides is 2. The first-order valence-electron chi connectivity index (χ1n) is 21.4. The molecule has 322 valence electrons. The number of carbonyl (C=O) groups is 3. The van der Waals surface area contributed by atoms with Crippen molar-refractivity contribution in [2.45, 2.75) is 91.8 Å². The molecule has 2 saturated heterocycles. The Bertz CT molecular complexity index is 2260. The Hall–Kier alpha value is -4.48. The first-order valence-corrected chi connectivity index (χ1v) is 22.3. The van der Waals surface area contributed by atoms with Gasteiger partial charge in [0.25, 0.3) is 11.7 Å². The second-order valence-electron chi connectivity index (χ2n) is 18.0.